The number of hydrogen-bond donors (Lipinski definition) is 1. The minimum absolute atomic E-state index is 0.465. The number of nitrogens with zero attached hydrogens (tertiary/aromatic N) is 1. The zero-order valence-electron chi connectivity index (χ0n) is 11.4. The fourth-order valence-corrected chi connectivity index (χ4v) is 2.87. The number of aryl methyl sites for hydroxylation is 1. The maximum atomic E-state index is 11.5. The van der Waals surface area contributed by atoms with Crippen LogP contribution in [0.15, 0.2) is 48.5 Å². The van der Waals surface area contributed by atoms with E-state index in [4.69, 9.17) is 0 Å². The smallest absolute Gasteiger partial charge is 0.326 e. The molecule has 1 atom stereocenters. The molecule has 2 aromatic carbocycles. The molecule has 0 bridgehead atoms. The first-order valence-electron chi connectivity index (χ1n) is 6.78. The highest BCUT2D eigenvalue weighted by Gasteiger charge is 2.33. The molecular formula is C17H17NO2. The van der Waals surface area contributed by atoms with Gasteiger partial charge in [-0.2, -0.15) is 0 Å². The van der Waals surface area contributed by atoms with Gasteiger partial charge in [-0.05, 0) is 24.1 Å². The number of hydrogen-bond acceptors (Lipinski definition) is 2. The normalized spacial score (nSPS) is 17.1. The Kier molecular flexibility index (Phi) is 3.18. The summed E-state index contributed by atoms with van der Waals surface area (Å²) in [5.41, 5.74) is 4.50. The van der Waals surface area contributed by atoms with E-state index in [-0.39, 0.29) is 0 Å². The Bertz CT molecular complexity index is 651. The van der Waals surface area contributed by atoms with Crippen LogP contribution in [-0.4, -0.2) is 17.1 Å². The third-order valence-electron chi connectivity index (χ3n) is 3.81. The zero-order chi connectivity index (χ0) is 14.1. The van der Waals surface area contributed by atoms with Crippen LogP contribution in [0.1, 0.15) is 16.7 Å². The quantitative estimate of drug-likeness (QED) is 0.929. The number of rotatable bonds is 3. The van der Waals surface area contributed by atoms with Crippen molar-refractivity contribution in [2.24, 2.45) is 0 Å². The SMILES string of the molecule is Cc1cccc(CN2c3ccccc3CC2C(=O)O)c1. The molecular weight excluding hydrogens is 250 g/mol. The number of carboxylic acids is 1. The third kappa shape index (κ3) is 2.27. The molecule has 0 fully saturated rings. The molecule has 102 valence electrons. The highest BCUT2D eigenvalue weighted by molar-refractivity contribution is 5.82. The lowest BCUT2D eigenvalue weighted by atomic mass is 10.1. The van der Waals surface area contributed by atoms with Crippen molar-refractivity contribution in [3.05, 3.63) is 65.2 Å². The molecule has 0 spiro atoms. The molecule has 1 heterocycles. The summed E-state index contributed by atoms with van der Waals surface area (Å²) >= 11 is 0. The molecule has 0 saturated carbocycles. The molecule has 1 N–H and O–H groups in total. The molecule has 0 aromatic heterocycles. The van der Waals surface area contributed by atoms with Gasteiger partial charge >= 0.3 is 5.97 Å². The van der Waals surface area contributed by atoms with E-state index in [0.717, 1.165) is 16.8 Å². The van der Waals surface area contributed by atoms with Gasteiger partial charge in [-0.25, -0.2) is 4.79 Å². The van der Waals surface area contributed by atoms with E-state index in [1.807, 2.05) is 41.3 Å². The van der Waals surface area contributed by atoms with Crippen molar-refractivity contribution in [2.45, 2.75) is 25.9 Å². The van der Waals surface area contributed by atoms with Gasteiger partial charge in [0.05, 0.1) is 0 Å². The summed E-state index contributed by atoms with van der Waals surface area (Å²) in [6.45, 7) is 2.69. The summed E-state index contributed by atoms with van der Waals surface area (Å²) in [4.78, 5) is 13.5. The minimum Gasteiger partial charge on any atom is -0.480 e. The van der Waals surface area contributed by atoms with Crippen LogP contribution in [-0.2, 0) is 17.8 Å². The monoisotopic (exact) mass is 267 g/mol. The second kappa shape index (κ2) is 5.00. The van der Waals surface area contributed by atoms with Crippen molar-refractivity contribution < 1.29 is 9.90 Å². The van der Waals surface area contributed by atoms with Gasteiger partial charge in [-0.15, -0.1) is 0 Å². The highest BCUT2D eigenvalue weighted by Crippen LogP contribution is 2.33. The summed E-state index contributed by atoms with van der Waals surface area (Å²) in [6.07, 6.45) is 0.581. The van der Waals surface area contributed by atoms with E-state index < -0.39 is 12.0 Å². The fourth-order valence-electron chi connectivity index (χ4n) is 2.87. The first-order valence-corrected chi connectivity index (χ1v) is 6.78. The molecule has 3 nitrogen and oxygen atoms in total. The molecule has 20 heavy (non-hydrogen) atoms. The Morgan fingerprint density at radius 1 is 1.25 bits per heavy atom. The number of fused-ring (bicyclic) bond motifs is 1. The molecule has 1 aliphatic rings. The number of carbonyl (C=O) groups is 1. The zero-order valence-corrected chi connectivity index (χ0v) is 11.4. The van der Waals surface area contributed by atoms with Crippen LogP contribution in [0.4, 0.5) is 5.69 Å². The number of anilines is 1. The van der Waals surface area contributed by atoms with Crippen molar-refractivity contribution in [1.82, 2.24) is 0 Å². The molecule has 0 amide bonds. The van der Waals surface area contributed by atoms with E-state index >= 15 is 0 Å². The lowest BCUT2D eigenvalue weighted by Crippen LogP contribution is -2.38. The molecule has 1 unspecified atom stereocenters. The van der Waals surface area contributed by atoms with Crippen molar-refractivity contribution in [2.75, 3.05) is 4.90 Å². The molecule has 1 aliphatic heterocycles. The first kappa shape index (κ1) is 12.7. The van der Waals surface area contributed by atoms with Crippen molar-refractivity contribution in [3.8, 4) is 0 Å². The predicted octanol–water partition coefficient (Wildman–Crippen LogP) is 3.01. The van der Waals surface area contributed by atoms with Crippen LogP contribution in [0.25, 0.3) is 0 Å². The number of aliphatic carboxylic acids is 1. The van der Waals surface area contributed by atoms with E-state index in [2.05, 4.69) is 19.1 Å². The van der Waals surface area contributed by atoms with Gasteiger partial charge in [0.2, 0.25) is 0 Å². The molecule has 0 radical (unpaired) electrons. The maximum absolute atomic E-state index is 11.5. The van der Waals surface area contributed by atoms with Gasteiger partial charge in [0.15, 0.2) is 0 Å². The van der Waals surface area contributed by atoms with Crippen LogP contribution in [0.5, 0.6) is 0 Å². The highest BCUT2D eigenvalue weighted by atomic mass is 16.4. The van der Waals surface area contributed by atoms with E-state index in [1.165, 1.54) is 5.56 Å². The van der Waals surface area contributed by atoms with E-state index in [0.29, 0.717) is 13.0 Å². The summed E-state index contributed by atoms with van der Waals surface area (Å²) in [5.74, 6) is -0.756. The average Bonchev–Trinajstić information content (AvgIpc) is 2.78. The van der Waals surface area contributed by atoms with Crippen molar-refractivity contribution >= 4 is 11.7 Å². The third-order valence-corrected chi connectivity index (χ3v) is 3.81. The van der Waals surface area contributed by atoms with Crippen LogP contribution in [0.2, 0.25) is 0 Å². The second-order valence-corrected chi connectivity index (χ2v) is 5.30. The summed E-state index contributed by atoms with van der Waals surface area (Å²) < 4.78 is 0. The Morgan fingerprint density at radius 3 is 2.80 bits per heavy atom. The minimum atomic E-state index is -0.756. The Morgan fingerprint density at radius 2 is 2.05 bits per heavy atom. The lowest BCUT2D eigenvalue weighted by molar-refractivity contribution is -0.138. The molecule has 3 rings (SSSR count). The topological polar surface area (TPSA) is 40.5 Å². The molecule has 0 aliphatic carbocycles. The van der Waals surface area contributed by atoms with E-state index in [1.54, 1.807) is 0 Å². The van der Waals surface area contributed by atoms with Gasteiger partial charge in [-0.3, -0.25) is 0 Å². The van der Waals surface area contributed by atoms with E-state index in [9.17, 15) is 9.90 Å². The van der Waals surface area contributed by atoms with Crippen LogP contribution in [0, 0.1) is 6.92 Å². The number of benzene rings is 2. The Hall–Kier alpha value is -2.29. The summed E-state index contributed by atoms with van der Waals surface area (Å²) in [5, 5.41) is 9.45. The van der Waals surface area contributed by atoms with Gasteiger partial charge in [-0.1, -0.05) is 48.0 Å². The average molecular weight is 267 g/mol. The molecule has 0 saturated heterocycles. The van der Waals surface area contributed by atoms with Crippen LogP contribution >= 0.6 is 0 Å². The van der Waals surface area contributed by atoms with Crippen LogP contribution in [0.3, 0.4) is 0 Å². The first-order chi connectivity index (χ1) is 9.65. The fraction of sp³-hybridized carbons (Fsp3) is 0.235. The Balaban J connectivity index is 1.94. The maximum Gasteiger partial charge on any atom is 0.326 e. The molecule has 2 aromatic rings. The molecule has 3 heteroatoms. The summed E-state index contributed by atoms with van der Waals surface area (Å²) in [7, 11) is 0. The predicted molar refractivity (Wildman–Crippen MR) is 78.9 cm³/mol. The van der Waals surface area contributed by atoms with Gasteiger partial charge in [0.25, 0.3) is 0 Å². The van der Waals surface area contributed by atoms with Crippen molar-refractivity contribution in [3.63, 3.8) is 0 Å². The largest absolute Gasteiger partial charge is 0.480 e. The van der Waals surface area contributed by atoms with Crippen LogP contribution < -0.4 is 4.90 Å². The summed E-state index contributed by atoms with van der Waals surface area (Å²) in [6, 6.07) is 15.7. The van der Waals surface area contributed by atoms with Gasteiger partial charge < -0.3 is 10.0 Å². The van der Waals surface area contributed by atoms with Crippen molar-refractivity contribution in [1.29, 1.82) is 0 Å². The second-order valence-electron chi connectivity index (χ2n) is 5.30. The van der Waals surface area contributed by atoms with Gasteiger partial charge in [0.1, 0.15) is 6.04 Å². The lowest BCUT2D eigenvalue weighted by Gasteiger charge is -2.25. The number of carboxylic acid groups (broad SMARTS) is 1. The Labute approximate surface area is 118 Å². The van der Waals surface area contributed by atoms with Gasteiger partial charge in [0, 0.05) is 18.7 Å². The number of para-hydroxylation sites is 1. The standard InChI is InChI=1S/C17H17NO2/c1-12-5-4-6-13(9-12)11-18-15-8-3-2-7-14(15)10-16(18)17(19)20/h2-9,16H,10-11H2,1H3,(H,19,20).